The minimum atomic E-state index is -0.380. The second-order valence-corrected chi connectivity index (χ2v) is 5.92. The Morgan fingerprint density at radius 1 is 1.40 bits per heavy atom. The van der Waals surface area contributed by atoms with Gasteiger partial charge in [0.05, 0.1) is 18.3 Å². The topological polar surface area (TPSA) is 93.4 Å². The van der Waals surface area contributed by atoms with Crippen molar-refractivity contribution in [3.63, 3.8) is 0 Å². The van der Waals surface area contributed by atoms with Crippen molar-refractivity contribution in [1.29, 1.82) is 0 Å². The van der Waals surface area contributed by atoms with Crippen molar-refractivity contribution < 1.29 is 14.1 Å². The van der Waals surface area contributed by atoms with Crippen LogP contribution in [-0.2, 0) is 11.2 Å². The zero-order valence-electron chi connectivity index (χ0n) is 14.6. The number of amides is 1. The lowest BCUT2D eigenvalue weighted by molar-refractivity contribution is 0.181. The summed E-state index contributed by atoms with van der Waals surface area (Å²) in [6, 6.07) is 3.60. The number of carbonyl (C=O) groups excluding carboxylic acids is 1. The molecule has 0 radical (unpaired) electrons. The molecule has 1 aliphatic rings. The summed E-state index contributed by atoms with van der Waals surface area (Å²) in [5, 5.41) is 7.38. The number of ether oxygens (including phenoxy) is 1. The van der Waals surface area contributed by atoms with Crippen molar-refractivity contribution in [3.05, 3.63) is 29.8 Å². The largest absolute Gasteiger partial charge is 0.447 e. The number of nitrogens with one attached hydrogen (secondary N) is 1. The molecule has 1 saturated heterocycles. The van der Waals surface area contributed by atoms with Crippen LogP contribution >= 0.6 is 0 Å². The molecular formula is C17H23N5O3. The van der Waals surface area contributed by atoms with Crippen LogP contribution in [0.25, 0.3) is 0 Å². The first-order valence-electron chi connectivity index (χ1n) is 8.70. The minimum absolute atomic E-state index is 0.0615. The highest BCUT2D eigenvalue weighted by Gasteiger charge is 2.25. The van der Waals surface area contributed by atoms with Crippen LogP contribution in [-0.4, -0.2) is 34.4 Å². The summed E-state index contributed by atoms with van der Waals surface area (Å²) in [5.41, 5.74) is 0.924. The molecule has 2 aromatic heterocycles. The third kappa shape index (κ3) is 4.07. The summed E-state index contributed by atoms with van der Waals surface area (Å²) in [7, 11) is 0. The Hall–Kier alpha value is -2.64. The Bertz CT molecular complexity index is 718. The van der Waals surface area contributed by atoms with Crippen LogP contribution in [0.1, 0.15) is 50.6 Å². The average Bonchev–Trinajstić information content (AvgIpc) is 3.27. The van der Waals surface area contributed by atoms with Gasteiger partial charge in [0.1, 0.15) is 12.4 Å². The van der Waals surface area contributed by atoms with Gasteiger partial charge in [-0.25, -0.2) is 9.78 Å². The summed E-state index contributed by atoms with van der Waals surface area (Å²) in [4.78, 5) is 21.9. The SMILES string of the molecule is CCCCC(Nc1nccc(N2CCOC2=O)n1)c1cc(CC)no1. The zero-order chi connectivity index (χ0) is 17.6. The van der Waals surface area contributed by atoms with E-state index in [2.05, 4.69) is 27.4 Å². The van der Waals surface area contributed by atoms with Crippen LogP contribution in [0.15, 0.2) is 22.9 Å². The molecule has 1 fully saturated rings. The Labute approximate surface area is 146 Å². The van der Waals surface area contributed by atoms with E-state index in [-0.39, 0.29) is 12.1 Å². The van der Waals surface area contributed by atoms with E-state index < -0.39 is 0 Å². The van der Waals surface area contributed by atoms with Crippen LogP contribution in [0.2, 0.25) is 0 Å². The highest BCUT2D eigenvalue weighted by Crippen LogP contribution is 2.25. The van der Waals surface area contributed by atoms with Crippen LogP contribution in [0.3, 0.4) is 0 Å². The van der Waals surface area contributed by atoms with Crippen LogP contribution in [0, 0.1) is 0 Å². The van der Waals surface area contributed by atoms with Crippen LogP contribution in [0.5, 0.6) is 0 Å². The molecule has 8 heteroatoms. The van der Waals surface area contributed by atoms with Crippen LogP contribution < -0.4 is 10.2 Å². The van der Waals surface area contributed by atoms with Gasteiger partial charge in [0, 0.05) is 12.3 Å². The van der Waals surface area contributed by atoms with Gasteiger partial charge in [-0.05, 0) is 18.9 Å². The van der Waals surface area contributed by atoms with Gasteiger partial charge in [0.25, 0.3) is 0 Å². The molecule has 0 saturated carbocycles. The Balaban J connectivity index is 1.77. The van der Waals surface area contributed by atoms with Crippen molar-refractivity contribution in [2.75, 3.05) is 23.4 Å². The Morgan fingerprint density at radius 3 is 2.96 bits per heavy atom. The minimum Gasteiger partial charge on any atom is -0.447 e. The first-order valence-corrected chi connectivity index (χ1v) is 8.70. The molecule has 1 atom stereocenters. The highest BCUT2D eigenvalue weighted by atomic mass is 16.6. The van der Waals surface area contributed by atoms with Crippen molar-refractivity contribution >= 4 is 17.9 Å². The summed E-state index contributed by atoms with van der Waals surface area (Å²) in [5.74, 6) is 1.76. The van der Waals surface area contributed by atoms with E-state index in [0.29, 0.717) is 24.9 Å². The zero-order valence-corrected chi connectivity index (χ0v) is 14.6. The average molecular weight is 345 g/mol. The fourth-order valence-electron chi connectivity index (χ4n) is 2.68. The first-order chi connectivity index (χ1) is 12.2. The predicted octanol–water partition coefficient (Wildman–Crippen LogP) is 3.33. The maximum atomic E-state index is 11.7. The highest BCUT2D eigenvalue weighted by molar-refractivity contribution is 5.88. The summed E-state index contributed by atoms with van der Waals surface area (Å²) in [6.45, 7) is 5.06. The van der Waals surface area contributed by atoms with E-state index in [1.165, 1.54) is 4.90 Å². The standard InChI is InChI=1S/C17H23N5O3/c1-3-5-6-13(14-11-12(4-2)21-25-14)19-16-18-8-7-15(20-16)22-9-10-24-17(22)23/h7-8,11,13H,3-6,9-10H2,1-2H3,(H,18,19,20). The van der Waals surface area contributed by atoms with Crippen molar-refractivity contribution in [2.24, 2.45) is 0 Å². The molecule has 1 N–H and O–H groups in total. The number of hydrogen-bond donors (Lipinski definition) is 1. The summed E-state index contributed by atoms with van der Waals surface area (Å²) < 4.78 is 10.4. The molecule has 0 aliphatic carbocycles. The van der Waals surface area contributed by atoms with Gasteiger partial charge >= 0.3 is 6.09 Å². The van der Waals surface area contributed by atoms with Gasteiger partial charge in [-0.2, -0.15) is 4.98 Å². The smallest absolute Gasteiger partial charge is 0.415 e. The maximum absolute atomic E-state index is 11.7. The summed E-state index contributed by atoms with van der Waals surface area (Å²) in [6.07, 6.45) is 5.08. The molecule has 0 aromatic carbocycles. The molecule has 1 unspecified atom stereocenters. The van der Waals surface area contributed by atoms with Gasteiger partial charge in [-0.3, -0.25) is 4.90 Å². The number of nitrogens with zero attached hydrogens (tertiary/aromatic N) is 4. The van der Waals surface area contributed by atoms with Gasteiger partial charge in [0.15, 0.2) is 5.76 Å². The molecule has 3 heterocycles. The molecular weight excluding hydrogens is 322 g/mol. The molecule has 1 amide bonds. The molecule has 0 bridgehead atoms. The second-order valence-electron chi connectivity index (χ2n) is 5.92. The van der Waals surface area contributed by atoms with E-state index in [0.717, 1.165) is 37.1 Å². The molecule has 1 aliphatic heterocycles. The number of rotatable bonds is 8. The van der Waals surface area contributed by atoms with Gasteiger partial charge < -0.3 is 14.6 Å². The maximum Gasteiger partial charge on any atom is 0.415 e. The molecule has 134 valence electrons. The second kappa shape index (κ2) is 7.96. The van der Waals surface area contributed by atoms with Crippen LogP contribution in [0.4, 0.5) is 16.6 Å². The number of carbonyl (C=O) groups is 1. The molecule has 0 spiro atoms. The normalized spacial score (nSPS) is 15.3. The number of anilines is 2. The molecule has 2 aromatic rings. The van der Waals surface area contributed by atoms with Gasteiger partial charge in [-0.15, -0.1) is 0 Å². The first kappa shape index (κ1) is 17.2. The van der Waals surface area contributed by atoms with E-state index in [1.807, 2.05) is 13.0 Å². The van der Waals surface area contributed by atoms with E-state index in [9.17, 15) is 4.79 Å². The lowest BCUT2D eigenvalue weighted by Gasteiger charge is -2.17. The van der Waals surface area contributed by atoms with Gasteiger partial charge in [-0.1, -0.05) is 31.8 Å². The fraction of sp³-hybridized carbons (Fsp3) is 0.529. The molecule has 25 heavy (non-hydrogen) atoms. The third-order valence-corrected chi connectivity index (χ3v) is 4.11. The number of unbranched alkanes of at least 4 members (excludes halogenated alkanes) is 1. The lowest BCUT2D eigenvalue weighted by atomic mass is 10.1. The number of cyclic esters (lactones) is 1. The lowest BCUT2D eigenvalue weighted by Crippen LogP contribution is -2.25. The van der Waals surface area contributed by atoms with Crippen molar-refractivity contribution in [3.8, 4) is 0 Å². The predicted molar refractivity (Wildman–Crippen MR) is 92.5 cm³/mol. The number of aromatic nitrogens is 3. The van der Waals surface area contributed by atoms with E-state index >= 15 is 0 Å². The Morgan fingerprint density at radius 2 is 2.28 bits per heavy atom. The fourth-order valence-corrected chi connectivity index (χ4v) is 2.68. The number of hydrogen-bond acceptors (Lipinski definition) is 7. The quantitative estimate of drug-likeness (QED) is 0.784. The number of aryl methyl sites for hydroxylation is 1. The van der Waals surface area contributed by atoms with Gasteiger partial charge in [0.2, 0.25) is 5.95 Å². The van der Waals surface area contributed by atoms with E-state index in [1.54, 1.807) is 12.3 Å². The molecule has 8 nitrogen and oxygen atoms in total. The van der Waals surface area contributed by atoms with E-state index in [4.69, 9.17) is 9.26 Å². The molecule has 3 rings (SSSR count). The van der Waals surface area contributed by atoms with Crippen molar-refractivity contribution in [2.45, 2.75) is 45.6 Å². The summed E-state index contributed by atoms with van der Waals surface area (Å²) >= 11 is 0. The Kier molecular flexibility index (Phi) is 5.47. The monoisotopic (exact) mass is 345 g/mol. The third-order valence-electron chi connectivity index (χ3n) is 4.11. The van der Waals surface area contributed by atoms with Crippen molar-refractivity contribution in [1.82, 2.24) is 15.1 Å².